The van der Waals surface area contributed by atoms with Gasteiger partial charge in [-0.2, -0.15) is 0 Å². The normalized spacial score (nSPS) is 16.7. The highest BCUT2D eigenvalue weighted by Crippen LogP contribution is 2.27. The fraction of sp³-hybridized carbons (Fsp3) is 0.211. The van der Waals surface area contributed by atoms with Crippen LogP contribution in [0.5, 0.6) is 0 Å². The highest BCUT2D eigenvalue weighted by molar-refractivity contribution is 7.90. The van der Waals surface area contributed by atoms with Gasteiger partial charge >= 0.3 is 0 Å². The molecule has 0 radical (unpaired) electrons. The predicted octanol–water partition coefficient (Wildman–Crippen LogP) is 3.71. The van der Waals surface area contributed by atoms with Gasteiger partial charge in [-0.25, -0.2) is 18.1 Å². The van der Waals surface area contributed by atoms with Gasteiger partial charge in [0.25, 0.3) is 21.8 Å². The van der Waals surface area contributed by atoms with Crippen LogP contribution in [0.3, 0.4) is 0 Å². The Balaban J connectivity index is 1.56. The zero-order valence-electron chi connectivity index (χ0n) is 15.3. The molecule has 30 heavy (non-hydrogen) atoms. The number of hydrogen-bond acceptors (Lipinski definition) is 6. The Bertz CT molecular complexity index is 1260. The van der Waals surface area contributed by atoms with Crippen LogP contribution in [0, 0.1) is 0 Å². The summed E-state index contributed by atoms with van der Waals surface area (Å²) >= 11 is 13.4. The number of nitrogens with zero attached hydrogens (tertiary/aromatic N) is 2. The van der Waals surface area contributed by atoms with E-state index in [9.17, 15) is 18.0 Å². The average molecular weight is 484 g/mol. The van der Waals surface area contributed by atoms with E-state index >= 15 is 0 Å². The van der Waals surface area contributed by atoms with Crippen LogP contribution in [0.2, 0.25) is 10.0 Å². The summed E-state index contributed by atoms with van der Waals surface area (Å²) in [5.41, 5.74) is 2.46. The Morgan fingerprint density at radius 3 is 2.77 bits per heavy atom. The van der Waals surface area contributed by atoms with Gasteiger partial charge in [0.2, 0.25) is 0 Å². The van der Waals surface area contributed by atoms with E-state index in [2.05, 4.69) is 9.71 Å². The molecule has 3 aromatic rings. The third-order valence-corrected chi connectivity index (χ3v) is 7.52. The number of halogens is 2. The van der Waals surface area contributed by atoms with Crippen LogP contribution in [-0.2, 0) is 14.8 Å². The van der Waals surface area contributed by atoms with E-state index in [1.54, 1.807) is 17.6 Å². The monoisotopic (exact) mass is 483 g/mol. The van der Waals surface area contributed by atoms with E-state index in [-0.39, 0.29) is 15.5 Å². The van der Waals surface area contributed by atoms with Crippen molar-refractivity contribution < 1.29 is 18.0 Å². The summed E-state index contributed by atoms with van der Waals surface area (Å²) < 4.78 is 28.2. The summed E-state index contributed by atoms with van der Waals surface area (Å²) in [5.74, 6) is -1.23. The lowest BCUT2D eigenvalue weighted by Crippen LogP contribution is -2.47. The maximum Gasteiger partial charge on any atom is 0.264 e. The Hall–Kier alpha value is -2.20. The molecular formula is C19H15Cl2N3O4S2. The van der Waals surface area contributed by atoms with Crippen molar-refractivity contribution in [3.63, 3.8) is 0 Å². The second-order valence-corrected chi connectivity index (χ2v) is 10.1. The molecule has 0 bridgehead atoms. The molecular weight excluding hydrogens is 469 g/mol. The number of fused-ring (bicyclic) bond motifs is 1. The van der Waals surface area contributed by atoms with Crippen LogP contribution in [-0.4, -0.2) is 42.7 Å². The first-order valence-corrected chi connectivity index (χ1v) is 12.0. The Morgan fingerprint density at radius 2 is 1.97 bits per heavy atom. The highest BCUT2D eigenvalue weighted by atomic mass is 35.5. The predicted molar refractivity (Wildman–Crippen MR) is 115 cm³/mol. The number of nitrogens with one attached hydrogen (secondary N) is 1. The molecule has 1 aliphatic heterocycles. The van der Waals surface area contributed by atoms with Gasteiger partial charge < -0.3 is 4.90 Å². The smallest absolute Gasteiger partial charge is 0.264 e. The van der Waals surface area contributed by atoms with Crippen molar-refractivity contribution in [1.82, 2.24) is 14.6 Å². The second kappa shape index (κ2) is 8.14. The van der Waals surface area contributed by atoms with Gasteiger partial charge in [-0.05, 0) is 49.2 Å². The zero-order chi connectivity index (χ0) is 21.5. The van der Waals surface area contributed by atoms with Gasteiger partial charge in [-0.1, -0.05) is 23.2 Å². The van der Waals surface area contributed by atoms with E-state index < -0.39 is 27.9 Å². The lowest BCUT2D eigenvalue weighted by molar-refractivity contribution is -0.123. The molecule has 7 nitrogen and oxygen atoms in total. The van der Waals surface area contributed by atoms with Gasteiger partial charge in [0.05, 0.1) is 31.2 Å². The fourth-order valence-electron chi connectivity index (χ4n) is 3.36. The summed E-state index contributed by atoms with van der Waals surface area (Å²) in [4.78, 5) is 31.1. The van der Waals surface area contributed by atoms with Gasteiger partial charge in [0.1, 0.15) is 6.04 Å². The first kappa shape index (κ1) is 21.0. The third kappa shape index (κ3) is 4.02. The molecule has 1 aliphatic rings. The van der Waals surface area contributed by atoms with Crippen molar-refractivity contribution in [3.05, 3.63) is 57.5 Å². The second-order valence-electron chi connectivity index (χ2n) is 6.73. The average Bonchev–Trinajstić information content (AvgIpc) is 3.37. The van der Waals surface area contributed by atoms with Crippen molar-refractivity contribution >= 4 is 66.6 Å². The standard InChI is InChI=1S/C19H15Cl2N3O4S2/c20-11-3-5-14(21)13(8-11)19(26)24-7-1-2-16(24)18(25)23-30(27,28)12-4-6-15-17(9-12)29-10-22-15/h3-6,8-10,16H,1-2,7H2,(H,23,25). The van der Waals surface area contributed by atoms with Crippen LogP contribution >= 0.6 is 34.5 Å². The first-order chi connectivity index (χ1) is 14.3. The van der Waals surface area contributed by atoms with Gasteiger partial charge in [-0.15, -0.1) is 11.3 Å². The Kier molecular flexibility index (Phi) is 5.71. The van der Waals surface area contributed by atoms with E-state index in [1.165, 1.54) is 40.5 Å². The number of thiazole rings is 1. The van der Waals surface area contributed by atoms with Gasteiger partial charge in [0.15, 0.2) is 0 Å². The van der Waals surface area contributed by atoms with E-state index in [4.69, 9.17) is 23.2 Å². The molecule has 0 aliphatic carbocycles. The molecule has 1 atom stereocenters. The summed E-state index contributed by atoms with van der Waals surface area (Å²) in [6, 6.07) is 8.00. The van der Waals surface area contributed by atoms with Crippen LogP contribution < -0.4 is 4.72 Å². The Labute approximate surface area is 186 Å². The maximum absolute atomic E-state index is 12.9. The van der Waals surface area contributed by atoms with Crippen LogP contribution in [0.25, 0.3) is 10.2 Å². The molecule has 0 spiro atoms. The number of aromatic nitrogens is 1. The molecule has 156 valence electrons. The van der Waals surface area contributed by atoms with Crippen molar-refractivity contribution in [2.75, 3.05) is 6.54 Å². The number of sulfonamides is 1. The Morgan fingerprint density at radius 1 is 1.17 bits per heavy atom. The number of rotatable bonds is 4. The molecule has 0 saturated carbocycles. The van der Waals surface area contributed by atoms with E-state index in [0.29, 0.717) is 34.6 Å². The minimum absolute atomic E-state index is 0.0404. The number of hydrogen-bond donors (Lipinski definition) is 1. The highest BCUT2D eigenvalue weighted by Gasteiger charge is 2.37. The van der Waals surface area contributed by atoms with Gasteiger partial charge in [0, 0.05) is 11.6 Å². The van der Waals surface area contributed by atoms with Crippen molar-refractivity contribution in [3.8, 4) is 0 Å². The number of benzene rings is 2. The molecule has 2 heterocycles. The lowest BCUT2D eigenvalue weighted by atomic mass is 10.1. The van der Waals surface area contributed by atoms with Crippen LogP contribution in [0.15, 0.2) is 46.8 Å². The largest absolute Gasteiger partial charge is 0.327 e. The summed E-state index contributed by atoms with van der Waals surface area (Å²) in [5, 5.41) is 0.546. The van der Waals surface area contributed by atoms with Crippen LogP contribution in [0.1, 0.15) is 23.2 Å². The number of carbonyl (C=O) groups excluding carboxylic acids is 2. The van der Waals surface area contributed by atoms with E-state index in [0.717, 1.165) is 0 Å². The topological polar surface area (TPSA) is 96.4 Å². The minimum Gasteiger partial charge on any atom is -0.327 e. The van der Waals surface area contributed by atoms with Crippen molar-refractivity contribution in [2.45, 2.75) is 23.8 Å². The molecule has 2 aromatic carbocycles. The lowest BCUT2D eigenvalue weighted by Gasteiger charge is -2.24. The van der Waals surface area contributed by atoms with Crippen LogP contribution in [0.4, 0.5) is 0 Å². The molecule has 1 N–H and O–H groups in total. The number of carbonyl (C=O) groups is 2. The molecule has 11 heteroatoms. The third-order valence-electron chi connectivity index (χ3n) is 4.82. The molecule has 1 unspecified atom stereocenters. The summed E-state index contributed by atoms with van der Waals surface area (Å²) in [7, 11) is -4.10. The molecule has 1 aromatic heterocycles. The minimum atomic E-state index is -4.10. The quantitative estimate of drug-likeness (QED) is 0.609. The van der Waals surface area contributed by atoms with Gasteiger partial charge in [-0.3, -0.25) is 9.59 Å². The molecule has 2 amide bonds. The number of amides is 2. The molecule has 1 fully saturated rings. The van der Waals surface area contributed by atoms with E-state index in [1.807, 2.05) is 0 Å². The summed E-state index contributed by atoms with van der Waals surface area (Å²) in [6.07, 6.45) is 0.911. The molecule has 4 rings (SSSR count). The van der Waals surface area contributed by atoms with Crippen molar-refractivity contribution in [1.29, 1.82) is 0 Å². The fourth-order valence-corrected chi connectivity index (χ4v) is 5.56. The maximum atomic E-state index is 12.9. The zero-order valence-corrected chi connectivity index (χ0v) is 18.5. The summed E-state index contributed by atoms with van der Waals surface area (Å²) in [6.45, 7) is 0.312. The first-order valence-electron chi connectivity index (χ1n) is 8.92. The molecule has 1 saturated heterocycles. The SMILES string of the molecule is O=C(NS(=O)(=O)c1ccc2ncsc2c1)C1CCCN1C(=O)c1cc(Cl)ccc1Cl. The van der Waals surface area contributed by atoms with Crippen molar-refractivity contribution in [2.24, 2.45) is 0 Å². The number of likely N-dealkylation sites (tertiary alicyclic amines) is 1.